The molecule has 0 atom stereocenters. The maximum atomic E-state index is 11.3. The summed E-state index contributed by atoms with van der Waals surface area (Å²) < 4.78 is 13.2. The Balaban J connectivity index is 2.65. The summed E-state index contributed by atoms with van der Waals surface area (Å²) in [4.78, 5) is 11.3. The molecule has 21 heavy (non-hydrogen) atoms. The van der Waals surface area contributed by atoms with E-state index in [1.54, 1.807) is 17.7 Å². The van der Waals surface area contributed by atoms with Crippen molar-refractivity contribution in [3.8, 4) is 11.5 Å². The number of hydrogen-bond donors (Lipinski definition) is 1. The lowest BCUT2D eigenvalue weighted by molar-refractivity contribution is 0.0687. The Bertz CT molecular complexity index is 670. The van der Waals surface area contributed by atoms with Crippen molar-refractivity contribution >= 4 is 16.9 Å². The largest absolute Gasteiger partial charge is 0.491 e. The smallest absolute Gasteiger partial charge is 0.352 e. The molecule has 0 spiro atoms. The highest BCUT2D eigenvalue weighted by Crippen LogP contribution is 2.34. The van der Waals surface area contributed by atoms with Gasteiger partial charge in [0.15, 0.2) is 0 Å². The lowest BCUT2D eigenvalue weighted by Gasteiger charge is -2.15. The van der Waals surface area contributed by atoms with Crippen LogP contribution in [0.15, 0.2) is 18.2 Å². The van der Waals surface area contributed by atoms with Gasteiger partial charge in [0.2, 0.25) is 0 Å². The van der Waals surface area contributed by atoms with Crippen LogP contribution in [0.25, 0.3) is 10.9 Å². The Morgan fingerprint density at radius 3 is 2.24 bits per heavy atom. The van der Waals surface area contributed by atoms with E-state index in [1.165, 1.54) is 0 Å². The van der Waals surface area contributed by atoms with Gasteiger partial charge in [-0.2, -0.15) is 0 Å². The third-order valence-electron chi connectivity index (χ3n) is 3.05. The summed E-state index contributed by atoms with van der Waals surface area (Å²) in [7, 11) is 1.73. The number of aromatic nitrogens is 1. The lowest BCUT2D eigenvalue weighted by Crippen LogP contribution is -2.08. The Labute approximate surface area is 124 Å². The second kappa shape index (κ2) is 5.68. The summed E-state index contributed by atoms with van der Waals surface area (Å²) in [5.74, 6) is 0.350. The fraction of sp³-hybridized carbons (Fsp3) is 0.438. The van der Waals surface area contributed by atoms with Gasteiger partial charge in [0, 0.05) is 24.6 Å². The summed E-state index contributed by atoms with van der Waals surface area (Å²) in [6.07, 6.45) is 0.0320. The molecular weight excluding hydrogens is 270 g/mol. The van der Waals surface area contributed by atoms with Crippen molar-refractivity contribution in [3.05, 3.63) is 23.9 Å². The van der Waals surface area contributed by atoms with E-state index in [0.717, 1.165) is 10.9 Å². The molecule has 0 saturated carbocycles. The first-order valence-corrected chi connectivity index (χ1v) is 6.99. The van der Waals surface area contributed by atoms with Crippen LogP contribution in [0.4, 0.5) is 0 Å². The molecule has 1 aromatic carbocycles. The van der Waals surface area contributed by atoms with Crippen LogP contribution in [0.1, 0.15) is 38.2 Å². The van der Waals surface area contributed by atoms with Crippen molar-refractivity contribution in [1.82, 2.24) is 4.57 Å². The van der Waals surface area contributed by atoms with Crippen molar-refractivity contribution in [2.24, 2.45) is 7.05 Å². The topological polar surface area (TPSA) is 60.7 Å². The van der Waals surface area contributed by atoms with E-state index >= 15 is 0 Å². The Morgan fingerprint density at radius 2 is 1.71 bits per heavy atom. The second-order valence-electron chi connectivity index (χ2n) is 5.58. The van der Waals surface area contributed by atoms with E-state index in [4.69, 9.17) is 9.47 Å². The van der Waals surface area contributed by atoms with Crippen molar-refractivity contribution in [2.45, 2.75) is 39.9 Å². The Morgan fingerprint density at radius 1 is 1.10 bits per heavy atom. The van der Waals surface area contributed by atoms with Crippen LogP contribution in [-0.4, -0.2) is 27.9 Å². The molecule has 0 aliphatic heterocycles. The molecule has 114 valence electrons. The molecule has 0 bridgehead atoms. The van der Waals surface area contributed by atoms with Crippen molar-refractivity contribution in [2.75, 3.05) is 0 Å². The van der Waals surface area contributed by atoms with Gasteiger partial charge < -0.3 is 19.1 Å². The first kappa shape index (κ1) is 15.2. The quantitative estimate of drug-likeness (QED) is 0.916. The third-order valence-corrected chi connectivity index (χ3v) is 3.05. The number of aryl methyl sites for hydroxylation is 1. The van der Waals surface area contributed by atoms with E-state index in [1.807, 2.05) is 39.8 Å². The number of carboxylic acid groups (broad SMARTS) is 1. The van der Waals surface area contributed by atoms with Gasteiger partial charge in [-0.3, -0.25) is 0 Å². The summed E-state index contributed by atoms with van der Waals surface area (Å²) >= 11 is 0. The summed E-state index contributed by atoms with van der Waals surface area (Å²) in [5.41, 5.74) is 1.00. The highest BCUT2D eigenvalue weighted by Gasteiger charge is 2.17. The van der Waals surface area contributed by atoms with Crippen molar-refractivity contribution < 1.29 is 19.4 Å². The van der Waals surface area contributed by atoms with E-state index in [-0.39, 0.29) is 17.9 Å². The predicted octanol–water partition coefficient (Wildman–Crippen LogP) is 3.45. The number of carboxylic acids is 1. The molecule has 1 heterocycles. The molecule has 0 unspecified atom stereocenters. The minimum atomic E-state index is -0.962. The number of fused-ring (bicyclic) bond motifs is 1. The minimum Gasteiger partial charge on any atom is -0.491 e. The van der Waals surface area contributed by atoms with Gasteiger partial charge in [-0.25, -0.2) is 4.79 Å². The Hall–Kier alpha value is -2.17. The normalized spacial score (nSPS) is 11.4. The van der Waals surface area contributed by atoms with Gasteiger partial charge >= 0.3 is 5.97 Å². The van der Waals surface area contributed by atoms with Gasteiger partial charge in [-0.05, 0) is 33.8 Å². The van der Waals surface area contributed by atoms with Gasteiger partial charge in [0.05, 0.1) is 17.7 Å². The van der Waals surface area contributed by atoms with Gasteiger partial charge in [0.1, 0.15) is 17.2 Å². The van der Waals surface area contributed by atoms with Crippen LogP contribution in [0, 0.1) is 0 Å². The maximum absolute atomic E-state index is 11.3. The molecule has 0 aliphatic carbocycles. The fourth-order valence-electron chi connectivity index (χ4n) is 2.27. The molecule has 5 heteroatoms. The van der Waals surface area contributed by atoms with E-state index in [2.05, 4.69) is 0 Å². The molecule has 0 aliphatic rings. The molecular formula is C16H21NO4. The molecule has 0 saturated heterocycles. The lowest BCUT2D eigenvalue weighted by atomic mass is 10.2. The highest BCUT2D eigenvalue weighted by molar-refractivity contribution is 5.97. The number of benzene rings is 1. The average Bonchev–Trinajstić information content (AvgIpc) is 2.66. The van der Waals surface area contributed by atoms with Crippen LogP contribution in [0.2, 0.25) is 0 Å². The van der Waals surface area contributed by atoms with Crippen molar-refractivity contribution in [3.63, 3.8) is 0 Å². The number of ether oxygens (including phenoxy) is 2. The summed E-state index contributed by atoms with van der Waals surface area (Å²) in [6.45, 7) is 7.76. The molecule has 5 nitrogen and oxygen atoms in total. The number of nitrogens with zero attached hydrogens (tertiary/aromatic N) is 1. The van der Waals surface area contributed by atoms with Crippen LogP contribution in [-0.2, 0) is 7.05 Å². The minimum absolute atomic E-state index is 0.00372. The molecule has 2 aromatic rings. The predicted molar refractivity (Wildman–Crippen MR) is 81.4 cm³/mol. The van der Waals surface area contributed by atoms with Crippen LogP contribution < -0.4 is 9.47 Å². The van der Waals surface area contributed by atoms with E-state index in [0.29, 0.717) is 11.5 Å². The van der Waals surface area contributed by atoms with Crippen LogP contribution in [0.5, 0.6) is 11.5 Å². The highest BCUT2D eigenvalue weighted by atomic mass is 16.5. The molecule has 0 fully saturated rings. The molecule has 2 rings (SSSR count). The SMILES string of the molecule is CC(C)Oc1cc(OC(C)C)c2cc(C(=O)O)n(C)c2c1. The molecule has 0 amide bonds. The van der Waals surface area contributed by atoms with E-state index < -0.39 is 5.97 Å². The zero-order valence-corrected chi connectivity index (χ0v) is 13.0. The first-order chi connectivity index (χ1) is 9.79. The van der Waals surface area contributed by atoms with E-state index in [9.17, 15) is 9.90 Å². The maximum Gasteiger partial charge on any atom is 0.352 e. The zero-order valence-electron chi connectivity index (χ0n) is 13.0. The summed E-state index contributed by atoms with van der Waals surface area (Å²) in [6, 6.07) is 5.29. The van der Waals surface area contributed by atoms with Crippen LogP contribution >= 0.6 is 0 Å². The van der Waals surface area contributed by atoms with Gasteiger partial charge in [0.25, 0.3) is 0 Å². The number of rotatable bonds is 5. The van der Waals surface area contributed by atoms with Crippen LogP contribution in [0.3, 0.4) is 0 Å². The molecule has 1 aromatic heterocycles. The molecule has 1 N–H and O–H groups in total. The third kappa shape index (κ3) is 3.12. The second-order valence-corrected chi connectivity index (χ2v) is 5.58. The number of carbonyl (C=O) groups is 1. The Kier molecular flexibility index (Phi) is 4.11. The van der Waals surface area contributed by atoms with Gasteiger partial charge in [-0.15, -0.1) is 0 Å². The number of hydrogen-bond acceptors (Lipinski definition) is 3. The molecule has 0 radical (unpaired) electrons. The fourth-order valence-corrected chi connectivity index (χ4v) is 2.27. The number of aromatic carboxylic acids is 1. The monoisotopic (exact) mass is 291 g/mol. The summed E-state index contributed by atoms with van der Waals surface area (Å²) in [5, 5.41) is 10.0. The standard InChI is InChI=1S/C16H21NO4/c1-9(2)20-11-6-13-12(15(7-11)21-10(3)4)8-14(16(18)19)17(13)5/h6-10H,1-5H3,(H,18,19). The first-order valence-electron chi connectivity index (χ1n) is 6.99. The average molecular weight is 291 g/mol. The zero-order chi connectivity index (χ0) is 15.7. The van der Waals surface area contributed by atoms with Crippen molar-refractivity contribution in [1.29, 1.82) is 0 Å². The van der Waals surface area contributed by atoms with Gasteiger partial charge in [-0.1, -0.05) is 0 Å².